The number of nitrogens with one attached hydrogen (secondary N) is 1. The van der Waals surface area contributed by atoms with Gasteiger partial charge in [0.2, 0.25) is 0 Å². The molecule has 7 nitrogen and oxygen atoms in total. The maximum atomic E-state index is 4.81. The zero-order valence-corrected chi connectivity index (χ0v) is 18.4. The Morgan fingerprint density at radius 2 is 2.04 bits per heavy atom. The Labute approximate surface area is 174 Å². The highest BCUT2D eigenvalue weighted by atomic mass is 127. The van der Waals surface area contributed by atoms with Gasteiger partial charge in [0, 0.05) is 32.7 Å². The predicted octanol–water partition coefficient (Wildman–Crippen LogP) is 1.93. The molecule has 0 spiro atoms. The van der Waals surface area contributed by atoms with Gasteiger partial charge in [-0.05, 0) is 39.3 Å². The van der Waals surface area contributed by atoms with Gasteiger partial charge in [-0.3, -0.25) is 4.90 Å². The van der Waals surface area contributed by atoms with E-state index in [0.717, 1.165) is 37.2 Å². The largest absolute Gasteiger partial charge is 0.353 e. The van der Waals surface area contributed by atoms with Crippen LogP contribution in [0.1, 0.15) is 37.3 Å². The first-order valence-electron chi connectivity index (χ1n) is 9.42. The van der Waals surface area contributed by atoms with Crippen LogP contribution in [0, 0.1) is 6.92 Å². The predicted molar refractivity (Wildman–Crippen MR) is 116 cm³/mol. The minimum Gasteiger partial charge on any atom is -0.353 e. The van der Waals surface area contributed by atoms with Gasteiger partial charge >= 0.3 is 0 Å². The number of hydrogen-bond donors (Lipinski definition) is 1. The van der Waals surface area contributed by atoms with Gasteiger partial charge in [-0.1, -0.05) is 12.5 Å². The van der Waals surface area contributed by atoms with Crippen molar-refractivity contribution in [2.24, 2.45) is 12.0 Å². The maximum Gasteiger partial charge on any atom is 0.194 e. The van der Waals surface area contributed by atoms with E-state index in [1.54, 1.807) is 0 Å². The molecule has 0 amide bonds. The second-order valence-corrected chi connectivity index (χ2v) is 7.02. The van der Waals surface area contributed by atoms with E-state index in [1.165, 1.54) is 38.8 Å². The third-order valence-electron chi connectivity index (χ3n) is 5.33. The number of rotatable bonds is 5. The molecular formula is C18H32IN7. The van der Waals surface area contributed by atoms with Gasteiger partial charge in [-0.25, -0.2) is 4.99 Å². The number of piperidine rings is 1. The molecule has 2 aliphatic heterocycles. The molecule has 2 aliphatic rings. The zero-order valence-electron chi connectivity index (χ0n) is 16.0. The van der Waals surface area contributed by atoms with Crippen molar-refractivity contribution in [3.63, 3.8) is 0 Å². The van der Waals surface area contributed by atoms with Crippen LogP contribution in [0.4, 0.5) is 0 Å². The van der Waals surface area contributed by atoms with Crippen LogP contribution >= 0.6 is 24.0 Å². The lowest BCUT2D eigenvalue weighted by atomic mass is 10.1. The molecule has 8 heteroatoms. The highest BCUT2D eigenvalue weighted by Crippen LogP contribution is 2.20. The smallest absolute Gasteiger partial charge is 0.194 e. The lowest BCUT2D eigenvalue weighted by molar-refractivity contribution is 0.168. The van der Waals surface area contributed by atoms with Crippen LogP contribution < -0.4 is 5.32 Å². The monoisotopic (exact) mass is 473 g/mol. The van der Waals surface area contributed by atoms with Crippen LogP contribution in [-0.4, -0.2) is 69.3 Å². The molecule has 3 rings (SSSR count). The van der Waals surface area contributed by atoms with Crippen molar-refractivity contribution < 1.29 is 0 Å². The van der Waals surface area contributed by atoms with Crippen molar-refractivity contribution in [1.29, 1.82) is 0 Å². The molecule has 2 saturated heterocycles. The quantitative estimate of drug-likeness (QED) is 0.307. The third-order valence-corrected chi connectivity index (χ3v) is 5.33. The fourth-order valence-electron chi connectivity index (χ4n) is 3.68. The van der Waals surface area contributed by atoms with Crippen molar-refractivity contribution >= 4 is 29.9 Å². The summed E-state index contributed by atoms with van der Waals surface area (Å²) in [4.78, 5) is 9.86. The molecule has 1 aromatic heterocycles. The van der Waals surface area contributed by atoms with Crippen LogP contribution in [0.25, 0.3) is 0 Å². The van der Waals surface area contributed by atoms with E-state index in [4.69, 9.17) is 4.99 Å². The molecule has 1 aromatic rings. The lowest BCUT2D eigenvalue weighted by Gasteiger charge is -2.32. The minimum atomic E-state index is 0. The standard InChI is InChI=1S/C18H31N7.HI/c1-4-9-19-18(20-13-17-22-21-15(2)23(17)3)25-12-8-16(14-25)24-10-6-5-7-11-24;/h4,16H,1,5-14H2,2-3H3,(H,19,20);1H. The van der Waals surface area contributed by atoms with Crippen LogP contribution in [0.3, 0.4) is 0 Å². The van der Waals surface area contributed by atoms with Crippen molar-refractivity contribution in [1.82, 2.24) is 29.9 Å². The van der Waals surface area contributed by atoms with E-state index in [2.05, 4.69) is 31.9 Å². The molecule has 0 saturated carbocycles. The Morgan fingerprint density at radius 1 is 1.27 bits per heavy atom. The topological polar surface area (TPSA) is 61.6 Å². The molecule has 3 heterocycles. The Hall–Kier alpha value is -1.16. The summed E-state index contributed by atoms with van der Waals surface area (Å²) in [6.07, 6.45) is 7.17. The lowest BCUT2D eigenvalue weighted by Crippen LogP contribution is -2.44. The van der Waals surface area contributed by atoms with Gasteiger partial charge in [0.1, 0.15) is 12.4 Å². The number of halogens is 1. The molecule has 146 valence electrons. The van der Waals surface area contributed by atoms with Gasteiger partial charge in [0.25, 0.3) is 0 Å². The Balaban J connectivity index is 0.00000243. The first-order valence-corrected chi connectivity index (χ1v) is 9.42. The molecule has 0 aliphatic carbocycles. The zero-order chi connectivity index (χ0) is 17.6. The van der Waals surface area contributed by atoms with Crippen molar-refractivity contribution in [3.05, 3.63) is 24.3 Å². The van der Waals surface area contributed by atoms with Gasteiger partial charge < -0.3 is 14.8 Å². The van der Waals surface area contributed by atoms with E-state index in [0.29, 0.717) is 12.6 Å². The summed E-state index contributed by atoms with van der Waals surface area (Å²) in [6, 6.07) is 0.660. The van der Waals surface area contributed by atoms with Crippen molar-refractivity contribution in [3.8, 4) is 0 Å². The first kappa shape index (κ1) is 21.1. The first-order chi connectivity index (χ1) is 12.2. The minimum absolute atomic E-state index is 0. The van der Waals surface area contributed by atoms with Crippen LogP contribution in [0.5, 0.6) is 0 Å². The van der Waals surface area contributed by atoms with Gasteiger partial charge in [0.05, 0.1) is 0 Å². The molecular weight excluding hydrogens is 441 g/mol. The summed E-state index contributed by atoms with van der Waals surface area (Å²) in [6.45, 7) is 11.7. The van der Waals surface area contributed by atoms with Crippen LogP contribution in [0.15, 0.2) is 17.6 Å². The van der Waals surface area contributed by atoms with E-state index in [-0.39, 0.29) is 24.0 Å². The Morgan fingerprint density at radius 3 is 2.69 bits per heavy atom. The number of likely N-dealkylation sites (tertiary alicyclic amines) is 2. The summed E-state index contributed by atoms with van der Waals surface area (Å²) >= 11 is 0. The average molecular weight is 473 g/mol. The summed E-state index contributed by atoms with van der Waals surface area (Å²) < 4.78 is 2.00. The van der Waals surface area contributed by atoms with Gasteiger partial charge in [-0.15, -0.1) is 40.8 Å². The normalized spacial score (nSPS) is 21.5. The molecule has 2 fully saturated rings. The van der Waals surface area contributed by atoms with E-state index >= 15 is 0 Å². The molecule has 0 bridgehead atoms. The number of aliphatic imine (C=N–C) groups is 1. The number of hydrogen-bond acceptors (Lipinski definition) is 4. The second kappa shape index (κ2) is 10.2. The Bertz CT molecular complexity index is 607. The van der Waals surface area contributed by atoms with Gasteiger partial charge in [-0.2, -0.15) is 0 Å². The van der Waals surface area contributed by atoms with E-state index in [1.807, 2.05) is 24.6 Å². The fraction of sp³-hybridized carbons (Fsp3) is 0.722. The van der Waals surface area contributed by atoms with Crippen molar-refractivity contribution in [2.45, 2.75) is 45.2 Å². The molecule has 1 atom stereocenters. The number of aromatic nitrogens is 3. The highest BCUT2D eigenvalue weighted by Gasteiger charge is 2.30. The van der Waals surface area contributed by atoms with Gasteiger partial charge in [0.15, 0.2) is 11.8 Å². The molecule has 26 heavy (non-hydrogen) atoms. The van der Waals surface area contributed by atoms with Crippen molar-refractivity contribution in [2.75, 3.05) is 32.7 Å². The second-order valence-electron chi connectivity index (χ2n) is 7.02. The summed E-state index contributed by atoms with van der Waals surface area (Å²) in [5.74, 6) is 2.76. The number of aryl methyl sites for hydroxylation is 1. The maximum absolute atomic E-state index is 4.81. The molecule has 1 unspecified atom stereocenters. The fourth-order valence-corrected chi connectivity index (χ4v) is 3.68. The SMILES string of the molecule is C=CCNC(=NCc1nnc(C)n1C)N1CCC(N2CCCCC2)C1.I. The average Bonchev–Trinajstić information content (AvgIpc) is 3.25. The molecule has 1 N–H and O–H groups in total. The number of nitrogens with zero attached hydrogens (tertiary/aromatic N) is 6. The summed E-state index contributed by atoms with van der Waals surface area (Å²) in [5.41, 5.74) is 0. The highest BCUT2D eigenvalue weighted by molar-refractivity contribution is 14.0. The summed E-state index contributed by atoms with van der Waals surface area (Å²) in [7, 11) is 1.99. The molecule has 0 aromatic carbocycles. The number of guanidine groups is 1. The van der Waals surface area contributed by atoms with Crippen LogP contribution in [0.2, 0.25) is 0 Å². The van der Waals surface area contributed by atoms with E-state index in [9.17, 15) is 0 Å². The third kappa shape index (κ3) is 5.18. The Kier molecular flexibility index (Phi) is 8.33. The van der Waals surface area contributed by atoms with E-state index < -0.39 is 0 Å². The molecule has 0 radical (unpaired) electrons. The summed E-state index contributed by atoms with van der Waals surface area (Å²) in [5, 5.41) is 11.7. The van der Waals surface area contributed by atoms with Crippen LogP contribution in [-0.2, 0) is 13.6 Å².